The van der Waals surface area contributed by atoms with Gasteiger partial charge in [0, 0.05) is 17.1 Å². The van der Waals surface area contributed by atoms with Crippen LogP contribution in [0.15, 0.2) is 24.5 Å². The largest absolute Gasteiger partial charge is 0.361 e. The minimum Gasteiger partial charge on any atom is -0.361 e. The third-order valence-electron chi connectivity index (χ3n) is 2.61. The molecule has 6 nitrogen and oxygen atoms in total. The minimum absolute atomic E-state index is 0.0132. The fourth-order valence-corrected chi connectivity index (χ4v) is 2.41. The molecule has 0 unspecified atom stereocenters. The van der Waals surface area contributed by atoms with Crippen molar-refractivity contribution >= 4 is 22.8 Å². The van der Waals surface area contributed by atoms with E-state index in [0.717, 1.165) is 11.4 Å². The number of thiazole rings is 1. The van der Waals surface area contributed by atoms with Crippen molar-refractivity contribution < 1.29 is 4.92 Å². The minimum atomic E-state index is -0.464. The summed E-state index contributed by atoms with van der Waals surface area (Å²) in [7, 11) is 0. The highest BCUT2D eigenvalue weighted by Crippen LogP contribution is 2.23. The van der Waals surface area contributed by atoms with Crippen molar-refractivity contribution in [2.24, 2.45) is 0 Å². The molecule has 0 spiro atoms. The van der Waals surface area contributed by atoms with Crippen molar-refractivity contribution in [3.05, 3.63) is 44.5 Å². The number of aromatic nitrogens is 2. The number of aryl methyl sites for hydroxylation is 1. The Morgan fingerprint density at radius 2 is 2.21 bits per heavy atom. The maximum absolute atomic E-state index is 10.5. The van der Waals surface area contributed by atoms with Crippen LogP contribution in [-0.4, -0.2) is 14.9 Å². The van der Waals surface area contributed by atoms with Crippen LogP contribution in [0, 0.1) is 10.1 Å². The van der Waals surface area contributed by atoms with Crippen molar-refractivity contribution in [3.8, 4) is 0 Å². The van der Waals surface area contributed by atoms with E-state index in [1.54, 1.807) is 17.4 Å². The molecule has 7 heteroatoms. The van der Waals surface area contributed by atoms with E-state index in [4.69, 9.17) is 0 Å². The Morgan fingerprint density at radius 3 is 2.74 bits per heavy atom. The van der Waals surface area contributed by atoms with Crippen molar-refractivity contribution in [1.82, 2.24) is 9.97 Å². The maximum atomic E-state index is 10.5. The molecule has 0 aromatic carbocycles. The first-order valence-corrected chi connectivity index (χ1v) is 6.73. The van der Waals surface area contributed by atoms with Crippen LogP contribution in [0.1, 0.15) is 29.8 Å². The lowest BCUT2D eigenvalue weighted by atomic mass is 10.3. The summed E-state index contributed by atoms with van der Waals surface area (Å²) < 4.78 is 0. The number of rotatable bonds is 5. The maximum Gasteiger partial charge on any atom is 0.287 e. The lowest BCUT2D eigenvalue weighted by Gasteiger charge is -2.11. The topological polar surface area (TPSA) is 81.0 Å². The average molecular weight is 278 g/mol. The van der Waals surface area contributed by atoms with Gasteiger partial charge in [0.2, 0.25) is 0 Å². The summed E-state index contributed by atoms with van der Waals surface area (Å²) in [6.07, 6.45) is 4.09. The van der Waals surface area contributed by atoms with E-state index in [2.05, 4.69) is 22.2 Å². The molecular weight excluding hydrogens is 264 g/mol. The van der Waals surface area contributed by atoms with E-state index in [1.807, 2.05) is 13.1 Å². The van der Waals surface area contributed by atoms with Crippen molar-refractivity contribution in [1.29, 1.82) is 0 Å². The first kappa shape index (κ1) is 13.4. The summed E-state index contributed by atoms with van der Waals surface area (Å²) >= 11 is 1.66. The van der Waals surface area contributed by atoms with Crippen molar-refractivity contribution in [2.45, 2.75) is 26.3 Å². The van der Waals surface area contributed by atoms with Gasteiger partial charge in [-0.3, -0.25) is 10.1 Å². The van der Waals surface area contributed by atoms with E-state index >= 15 is 0 Å². The molecule has 0 saturated heterocycles. The lowest BCUT2D eigenvalue weighted by Crippen LogP contribution is -2.07. The first-order chi connectivity index (χ1) is 9.10. The molecule has 0 aliphatic carbocycles. The Morgan fingerprint density at radius 1 is 1.42 bits per heavy atom. The van der Waals surface area contributed by atoms with Crippen LogP contribution in [0.3, 0.4) is 0 Å². The van der Waals surface area contributed by atoms with Gasteiger partial charge < -0.3 is 5.32 Å². The smallest absolute Gasteiger partial charge is 0.287 e. The lowest BCUT2D eigenvalue weighted by molar-refractivity contribution is -0.385. The van der Waals surface area contributed by atoms with E-state index in [0.29, 0.717) is 5.82 Å². The standard InChI is InChI=1S/C12H14N4O2S/c1-3-10-7-14-12(19-10)8(2)15-11-5-4-9(6-13-11)16(17)18/h4-8H,3H2,1-2H3,(H,13,15)/t8-/m0/s1. The molecule has 2 aromatic heterocycles. The van der Waals surface area contributed by atoms with Crippen LogP contribution < -0.4 is 5.32 Å². The highest BCUT2D eigenvalue weighted by Gasteiger charge is 2.11. The Balaban J connectivity index is 2.05. The Hall–Kier alpha value is -2.02. The molecule has 0 aliphatic heterocycles. The van der Waals surface area contributed by atoms with Gasteiger partial charge in [0.1, 0.15) is 17.0 Å². The third-order valence-corrected chi connectivity index (χ3v) is 3.94. The Kier molecular flexibility index (Phi) is 4.06. The molecular formula is C12H14N4O2S. The zero-order valence-corrected chi connectivity index (χ0v) is 11.5. The third kappa shape index (κ3) is 3.25. The predicted octanol–water partition coefficient (Wildman–Crippen LogP) is 3.18. The van der Waals surface area contributed by atoms with Gasteiger partial charge in [-0.2, -0.15) is 0 Å². The zero-order valence-electron chi connectivity index (χ0n) is 10.7. The van der Waals surface area contributed by atoms with Crippen LogP contribution >= 0.6 is 11.3 Å². The summed E-state index contributed by atoms with van der Waals surface area (Å²) in [6.45, 7) is 4.08. The molecule has 2 heterocycles. The number of hydrogen-bond donors (Lipinski definition) is 1. The van der Waals surface area contributed by atoms with Gasteiger partial charge >= 0.3 is 0 Å². The van der Waals surface area contributed by atoms with E-state index < -0.39 is 4.92 Å². The van der Waals surface area contributed by atoms with Gasteiger partial charge in [-0.25, -0.2) is 9.97 Å². The molecule has 1 N–H and O–H groups in total. The quantitative estimate of drug-likeness (QED) is 0.671. The van der Waals surface area contributed by atoms with Gasteiger partial charge in [-0.15, -0.1) is 11.3 Å². The average Bonchev–Trinajstić information content (AvgIpc) is 2.88. The van der Waals surface area contributed by atoms with Gasteiger partial charge in [0.25, 0.3) is 5.69 Å². The van der Waals surface area contributed by atoms with Crippen LogP contribution in [0.4, 0.5) is 11.5 Å². The normalized spacial score (nSPS) is 12.1. The fourth-order valence-electron chi connectivity index (χ4n) is 1.55. The molecule has 0 amide bonds. The van der Waals surface area contributed by atoms with Crippen LogP contribution in [-0.2, 0) is 6.42 Å². The van der Waals surface area contributed by atoms with Crippen LogP contribution in [0.2, 0.25) is 0 Å². The number of hydrogen-bond acceptors (Lipinski definition) is 6. The summed E-state index contributed by atoms with van der Waals surface area (Å²) in [5.41, 5.74) is -0.0132. The zero-order chi connectivity index (χ0) is 13.8. The fraction of sp³-hybridized carbons (Fsp3) is 0.333. The van der Waals surface area contributed by atoms with E-state index in [1.165, 1.54) is 17.1 Å². The van der Waals surface area contributed by atoms with Crippen molar-refractivity contribution in [2.75, 3.05) is 5.32 Å². The molecule has 0 fully saturated rings. The second-order valence-corrected chi connectivity index (χ2v) is 5.19. The van der Waals surface area contributed by atoms with Gasteiger partial charge in [-0.1, -0.05) is 6.92 Å². The summed E-state index contributed by atoms with van der Waals surface area (Å²) in [5.74, 6) is 0.603. The van der Waals surface area contributed by atoms with E-state index in [9.17, 15) is 10.1 Å². The van der Waals surface area contributed by atoms with Crippen LogP contribution in [0.5, 0.6) is 0 Å². The summed E-state index contributed by atoms with van der Waals surface area (Å²) in [6, 6.07) is 3.06. The number of pyridine rings is 1. The molecule has 0 radical (unpaired) electrons. The molecule has 0 bridgehead atoms. The van der Waals surface area contributed by atoms with E-state index in [-0.39, 0.29) is 11.7 Å². The molecule has 1 atom stereocenters. The van der Waals surface area contributed by atoms with Gasteiger partial charge in [0.05, 0.1) is 11.0 Å². The molecule has 2 rings (SSSR count). The van der Waals surface area contributed by atoms with Gasteiger partial charge in [-0.05, 0) is 19.4 Å². The SMILES string of the molecule is CCc1cnc([C@H](C)Nc2ccc([N+](=O)[O-])cn2)s1. The molecule has 100 valence electrons. The number of anilines is 1. The van der Waals surface area contributed by atoms with Crippen molar-refractivity contribution in [3.63, 3.8) is 0 Å². The molecule has 0 saturated carbocycles. The molecule has 2 aromatic rings. The number of nitro groups is 1. The summed E-state index contributed by atoms with van der Waals surface area (Å²) in [4.78, 5) is 19.7. The number of nitrogens with one attached hydrogen (secondary N) is 1. The first-order valence-electron chi connectivity index (χ1n) is 5.91. The highest BCUT2D eigenvalue weighted by atomic mass is 32.1. The molecule has 19 heavy (non-hydrogen) atoms. The second-order valence-electron chi connectivity index (χ2n) is 4.04. The monoisotopic (exact) mass is 278 g/mol. The molecule has 0 aliphatic rings. The van der Waals surface area contributed by atoms with Crippen LogP contribution in [0.25, 0.3) is 0 Å². The predicted molar refractivity (Wildman–Crippen MR) is 74.4 cm³/mol. The Labute approximate surface area is 114 Å². The Bertz CT molecular complexity index is 567. The second kappa shape index (κ2) is 5.75. The van der Waals surface area contributed by atoms with Gasteiger partial charge in [0.15, 0.2) is 0 Å². The highest BCUT2D eigenvalue weighted by molar-refractivity contribution is 7.11. The summed E-state index contributed by atoms with van der Waals surface area (Å²) in [5, 5.41) is 14.7. The number of nitrogens with zero attached hydrogens (tertiary/aromatic N) is 3.